The zero-order valence-electron chi connectivity index (χ0n) is 45.7. The Morgan fingerprint density at radius 2 is 0.418 bits per heavy atom. The van der Waals surface area contributed by atoms with Crippen molar-refractivity contribution in [1.82, 2.24) is 0 Å². The van der Waals surface area contributed by atoms with E-state index in [1.807, 2.05) is 0 Å². The van der Waals surface area contributed by atoms with Gasteiger partial charge in [0.25, 0.3) is 11.4 Å². The second kappa shape index (κ2) is 33.1. The highest BCUT2D eigenvalue weighted by molar-refractivity contribution is 5.51. The highest BCUT2D eigenvalue weighted by Crippen LogP contribution is 2.39. The Kier molecular flexibility index (Phi) is 28.7. The zero-order valence-corrected chi connectivity index (χ0v) is 45.7. The van der Waals surface area contributed by atoms with Crippen LogP contribution >= 0.6 is 0 Å². The lowest BCUT2D eigenvalue weighted by Crippen LogP contribution is -2.19. The van der Waals surface area contributed by atoms with Crippen molar-refractivity contribution in [2.45, 2.75) is 70.5 Å². The molecule has 548 valence electrons. The van der Waals surface area contributed by atoms with Crippen LogP contribution in [0.4, 0.5) is 149 Å². The van der Waals surface area contributed by atoms with E-state index in [1.165, 1.54) is 6.92 Å². The fraction of sp³-hybridized carbons (Fsp3) is 0.234. The fourth-order valence-electron chi connectivity index (χ4n) is 5.69. The first kappa shape index (κ1) is 85.0. The van der Waals surface area contributed by atoms with E-state index in [0.717, 1.165) is 42.5 Å². The summed E-state index contributed by atoms with van der Waals surface area (Å²) in [6.07, 6.45) is -50.7. The lowest BCUT2D eigenvalue weighted by atomic mass is 10.2. The van der Waals surface area contributed by atoms with E-state index in [4.69, 9.17) is 26.2 Å². The molecule has 98 heavy (non-hydrogen) atoms. The normalized spacial score (nSPS) is 12.0. The summed E-state index contributed by atoms with van der Waals surface area (Å²) in [5, 5.41) is 55.8. The number of hydrogen-bond donors (Lipinski definition) is 5. The molecule has 0 saturated carbocycles. The van der Waals surface area contributed by atoms with Gasteiger partial charge in [0, 0.05) is 78.5 Å². The van der Waals surface area contributed by atoms with Gasteiger partial charge in [-0.1, -0.05) is 0 Å². The van der Waals surface area contributed by atoms with Crippen molar-refractivity contribution in [3.05, 3.63) is 135 Å². The van der Waals surface area contributed by atoms with Gasteiger partial charge < -0.3 is 73.5 Å². The Labute approximate surface area is 518 Å². The molecule has 0 heterocycles. The standard InChI is InChI=1S/C9H6F6O2.C8H3F6NO4.C8H5F6NO2.2C8H4F6O3.C6H5NO4/c1-5-2-6(16-8(10,11)12)4-7(3-5)17-9(13,14)15;9-7(10,11)18-5-1-4(15(16)17)2-6(3-5)19-8(12,13)14;3*9-7(10,11)16-5-1-4(15)2-6(3-5)17-8(12,13)14;8-5-1-4(7(10)11)2-6(9)3-5/h2-4H,1H3;1-3H;1-3H,15H2;2*1-3,15H;1-3,8-9H. The number of anilines is 1. The number of benzene rings is 6. The minimum atomic E-state index is -5.20. The molecule has 0 unspecified atom stereocenters. The van der Waals surface area contributed by atoms with E-state index < -0.39 is 148 Å². The molecule has 0 aromatic heterocycles. The molecule has 0 aliphatic rings. The van der Waals surface area contributed by atoms with Gasteiger partial charge in [0.05, 0.1) is 34.1 Å². The van der Waals surface area contributed by atoms with Gasteiger partial charge in [-0.3, -0.25) is 20.2 Å². The third-order valence-corrected chi connectivity index (χ3v) is 8.17. The molecule has 51 heteroatoms. The van der Waals surface area contributed by atoms with Gasteiger partial charge in [-0.25, -0.2) is 0 Å². The van der Waals surface area contributed by atoms with E-state index >= 15 is 0 Å². The van der Waals surface area contributed by atoms with E-state index in [9.17, 15) is 152 Å². The minimum absolute atomic E-state index is 0.144. The topological polar surface area (TPSA) is 286 Å². The van der Waals surface area contributed by atoms with Gasteiger partial charge in [-0.15, -0.1) is 132 Å². The number of nitrogens with two attached hydrogens (primary N) is 1. The third-order valence-electron chi connectivity index (χ3n) is 8.17. The first-order chi connectivity index (χ1) is 43.8. The summed E-state index contributed by atoms with van der Waals surface area (Å²) in [7, 11) is 0. The molecule has 0 bridgehead atoms. The van der Waals surface area contributed by atoms with Crippen LogP contribution in [0, 0.1) is 27.2 Å². The summed E-state index contributed by atoms with van der Waals surface area (Å²) in [4.78, 5) is 18.6. The maximum absolute atomic E-state index is 11.9. The molecule has 0 aliphatic heterocycles. The summed E-state index contributed by atoms with van der Waals surface area (Å²) in [5.41, 5.74) is 3.52. The fourth-order valence-corrected chi connectivity index (χ4v) is 5.69. The largest absolute Gasteiger partial charge is 0.573 e. The molecule has 6 aromatic rings. The predicted molar refractivity (Wildman–Crippen MR) is 255 cm³/mol. The molecule has 0 aliphatic carbocycles. The van der Waals surface area contributed by atoms with Crippen molar-refractivity contribution in [1.29, 1.82) is 0 Å². The van der Waals surface area contributed by atoms with Crippen LogP contribution in [0.15, 0.2) is 109 Å². The Hall–Kier alpha value is -11.0. The average Bonchev–Trinajstić information content (AvgIpc) is 0.856. The predicted octanol–water partition coefficient (Wildman–Crippen LogP) is 17.6. The number of nitrogen functional groups attached to an aromatic ring is 1. The molecule has 6 rings (SSSR count). The van der Waals surface area contributed by atoms with Crippen molar-refractivity contribution in [2.75, 3.05) is 5.73 Å². The number of nitro groups is 2. The first-order valence-corrected chi connectivity index (χ1v) is 23.0. The van der Waals surface area contributed by atoms with Crippen LogP contribution < -0.4 is 53.1 Å². The van der Waals surface area contributed by atoms with Crippen molar-refractivity contribution >= 4 is 17.1 Å². The number of phenols is 4. The van der Waals surface area contributed by atoms with Gasteiger partial charge >= 0.3 is 63.6 Å². The van der Waals surface area contributed by atoms with Crippen molar-refractivity contribution in [3.8, 4) is 80.5 Å². The Balaban J connectivity index is 0.000000591. The number of non-ortho nitro benzene ring substituents is 2. The molecule has 6 N–H and O–H groups in total. The smallest absolute Gasteiger partial charge is 0.508 e. The van der Waals surface area contributed by atoms with Crippen LogP contribution in [0.25, 0.3) is 0 Å². The number of aromatic hydroxyl groups is 4. The van der Waals surface area contributed by atoms with Crippen LogP contribution in [0.5, 0.6) is 80.5 Å². The summed E-state index contributed by atoms with van der Waals surface area (Å²) >= 11 is 0. The number of nitrogens with zero attached hydrogens (tertiary/aromatic N) is 2. The van der Waals surface area contributed by atoms with Gasteiger partial charge in [0.2, 0.25) is 0 Å². The van der Waals surface area contributed by atoms with Gasteiger partial charge in [0.1, 0.15) is 80.5 Å². The van der Waals surface area contributed by atoms with E-state index in [-0.39, 0.29) is 34.5 Å². The number of aryl methyl sites for hydroxylation is 1. The monoisotopic (exact) mass is 1490 g/mol. The lowest BCUT2D eigenvalue weighted by molar-refractivity contribution is -0.385. The molecule has 0 saturated heterocycles. The molecule has 0 fully saturated rings. The summed E-state index contributed by atoms with van der Waals surface area (Å²) < 4.78 is 388. The molecular formula is C47H27F30N3O18. The van der Waals surface area contributed by atoms with Crippen molar-refractivity contribution < 1.29 is 209 Å². The Bertz CT molecular complexity index is 3070. The molecule has 0 amide bonds. The molecule has 21 nitrogen and oxygen atoms in total. The SMILES string of the molecule is Cc1cc(OC(F)(F)F)cc(OC(F)(F)F)c1.Nc1cc(OC(F)(F)F)cc(OC(F)(F)F)c1.O=[N+]([O-])c1cc(O)cc(O)c1.O=[N+]([O-])c1cc(OC(F)(F)F)cc(OC(F)(F)F)c1.Oc1cc(OC(F)(F)F)cc(OC(F)(F)F)c1.Oc1cc(OC(F)(F)F)cc(OC(F)(F)F)c1. The zero-order chi connectivity index (χ0) is 76.3. The molecule has 0 atom stereocenters. The Morgan fingerprint density at radius 1 is 0.265 bits per heavy atom. The summed E-state index contributed by atoms with van der Waals surface area (Å²) in [6.45, 7) is 1.31. The lowest BCUT2D eigenvalue weighted by Gasteiger charge is -2.13. The molecule has 6 aromatic carbocycles. The van der Waals surface area contributed by atoms with Crippen molar-refractivity contribution in [2.24, 2.45) is 0 Å². The highest BCUT2D eigenvalue weighted by Gasteiger charge is 2.39. The number of alkyl halides is 30. The number of hydrogen-bond acceptors (Lipinski definition) is 19. The Morgan fingerprint density at radius 3 is 0.602 bits per heavy atom. The number of rotatable bonds is 12. The van der Waals surface area contributed by atoms with Gasteiger partial charge in [0.15, 0.2) is 0 Å². The van der Waals surface area contributed by atoms with E-state index in [1.54, 1.807) is 0 Å². The van der Waals surface area contributed by atoms with Crippen LogP contribution in [0.3, 0.4) is 0 Å². The quantitative estimate of drug-likeness (QED) is 0.0329. The second-order valence-corrected chi connectivity index (χ2v) is 16.4. The van der Waals surface area contributed by atoms with Crippen LogP contribution in [-0.4, -0.2) is 93.9 Å². The van der Waals surface area contributed by atoms with E-state index in [2.05, 4.69) is 47.4 Å². The maximum Gasteiger partial charge on any atom is 0.573 e. The van der Waals surface area contributed by atoms with E-state index in [0.29, 0.717) is 60.7 Å². The molecular weight excluding hydrogens is 1460 g/mol. The third kappa shape index (κ3) is 42.4. The maximum atomic E-state index is 11.9. The number of halogens is 30. The van der Waals surface area contributed by atoms with Gasteiger partial charge in [-0.05, 0) is 24.6 Å². The highest BCUT2D eigenvalue weighted by atomic mass is 19.5. The molecule has 0 spiro atoms. The number of ether oxygens (including phenoxy) is 10. The van der Waals surface area contributed by atoms with Crippen LogP contribution in [-0.2, 0) is 0 Å². The molecule has 0 radical (unpaired) electrons. The van der Waals surface area contributed by atoms with Crippen LogP contribution in [0.2, 0.25) is 0 Å². The second-order valence-electron chi connectivity index (χ2n) is 16.4. The summed E-state index contributed by atoms with van der Waals surface area (Å²) in [5.74, 6) is -12.1. The number of phenolic OH excluding ortho intramolecular Hbond substituents is 4. The average molecular weight is 1490 g/mol. The number of nitro benzene ring substituents is 2. The first-order valence-electron chi connectivity index (χ1n) is 23.0. The summed E-state index contributed by atoms with van der Waals surface area (Å²) in [6, 6.07) is 10.7. The minimum Gasteiger partial charge on any atom is -0.508 e. The van der Waals surface area contributed by atoms with Gasteiger partial charge in [-0.2, -0.15) is 0 Å². The van der Waals surface area contributed by atoms with Crippen LogP contribution in [0.1, 0.15) is 5.56 Å². The van der Waals surface area contributed by atoms with Crippen molar-refractivity contribution in [3.63, 3.8) is 0 Å².